The summed E-state index contributed by atoms with van der Waals surface area (Å²) < 4.78 is 28.1. The average Bonchev–Trinajstić information content (AvgIpc) is 2.44. The molecule has 0 amide bonds. The summed E-state index contributed by atoms with van der Waals surface area (Å²) in [6.45, 7) is 10.1. The molecule has 1 fully saturated rings. The molecular weight excluding hydrogens is 264 g/mol. The van der Waals surface area contributed by atoms with Gasteiger partial charge < -0.3 is 28.8 Å². The van der Waals surface area contributed by atoms with Crippen LogP contribution in [0.4, 0.5) is 0 Å². The standard InChI is InChI=1S/C14H28O6/c1-5-16-9-10-11(17-6-2)12(18-7-3)13(19-8-4)14(15)20-10/h10-15H,5-9H2,1-4H3/t10-,11+,12+,13-,14+/m1/s1. The molecule has 0 aromatic heterocycles. The first-order valence-electron chi connectivity index (χ1n) is 7.45. The van der Waals surface area contributed by atoms with Crippen molar-refractivity contribution >= 4 is 0 Å². The SMILES string of the molecule is CCOC[C@H]1O[C@H](O)[C@H](OCC)[C@@H](OCC)[C@H]1OCC. The fraction of sp³-hybridized carbons (Fsp3) is 1.00. The molecule has 1 aliphatic rings. The second-order valence-corrected chi connectivity index (χ2v) is 4.48. The summed E-state index contributed by atoms with van der Waals surface area (Å²) in [4.78, 5) is 0. The van der Waals surface area contributed by atoms with Gasteiger partial charge >= 0.3 is 0 Å². The third-order valence-corrected chi connectivity index (χ3v) is 3.17. The van der Waals surface area contributed by atoms with Crippen LogP contribution >= 0.6 is 0 Å². The van der Waals surface area contributed by atoms with Crippen LogP contribution in [0.25, 0.3) is 0 Å². The first-order chi connectivity index (χ1) is 9.69. The molecule has 0 radical (unpaired) electrons. The minimum absolute atomic E-state index is 0.313. The lowest BCUT2D eigenvalue weighted by Crippen LogP contribution is -2.61. The van der Waals surface area contributed by atoms with Crippen molar-refractivity contribution in [2.24, 2.45) is 0 Å². The van der Waals surface area contributed by atoms with E-state index in [0.717, 1.165) is 0 Å². The second-order valence-electron chi connectivity index (χ2n) is 4.48. The number of ether oxygens (including phenoxy) is 5. The fourth-order valence-corrected chi connectivity index (χ4v) is 2.41. The van der Waals surface area contributed by atoms with Gasteiger partial charge in [-0.3, -0.25) is 0 Å². The molecule has 0 spiro atoms. The molecule has 1 rings (SSSR count). The van der Waals surface area contributed by atoms with E-state index in [2.05, 4.69) is 0 Å². The Morgan fingerprint density at radius 3 is 1.90 bits per heavy atom. The molecule has 1 N–H and O–H groups in total. The van der Waals surface area contributed by atoms with Crippen LogP contribution in [0.5, 0.6) is 0 Å². The normalized spacial score (nSPS) is 34.4. The van der Waals surface area contributed by atoms with Crippen LogP contribution in [0, 0.1) is 0 Å². The Balaban J connectivity index is 2.83. The van der Waals surface area contributed by atoms with E-state index >= 15 is 0 Å². The van der Waals surface area contributed by atoms with E-state index in [-0.39, 0.29) is 18.3 Å². The van der Waals surface area contributed by atoms with E-state index in [1.54, 1.807) is 0 Å². The lowest BCUT2D eigenvalue weighted by Gasteiger charge is -2.44. The van der Waals surface area contributed by atoms with Gasteiger partial charge in [0.1, 0.15) is 24.4 Å². The number of rotatable bonds is 9. The van der Waals surface area contributed by atoms with E-state index in [1.165, 1.54) is 0 Å². The molecule has 0 aromatic carbocycles. The van der Waals surface area contributed by atoms with E-state index in [9.17, 15) is 5.11 Å². The van der Waals surface area contributed by atoms with Gasteiger partial charge in [0.25, 0.3) is 0 Å². The summed E-state index contributed by atoms with van der Waals surface area (Å²) in [5.41, 5.74) is 0. The summed E-state index contributed by atoms with van der Waals surface area (Å²) in [5.74, 6) is 0. The second kappa shape index (κ2) is 9.65. The van der Waals surface area contributed by atoms with Crippen molar-refractivity contribution in [3.8, 4) is 0 Å². The number of hydrogen-bond acceptors (Lipinski definition) is 6. The minimum Gasteiger partial charge on any atom is -0.379 e. The highest BCUT2D eigenvalue weighted by atomic mass is 16.7. The Hall–Kier alpha value is -0.240. The number of aliphatic hydroxyl groups is 1. The molecule has 20 heavy (non-hydrogen) atoms. The Kier molecular flexibility index (Phi) is 8.60. The number of aliphatic hydroxyl groups excluding tert-OH is 1. The van der Waals surface area contributed by atoms with Crippen molar-refractivity contribution in [1.29, 1.82) is 0 Å². The molecule has 0 bridgehead atoms. The summed E-state index contributed by atoms with van der Waals surface area (Å²) in [6.07, 6.45) is -2.62. The molecule has 1 saturated heterocycles. The quantitative estimate of drug-likeness (QED) is 0.682. The predicted molar refractivity (Wildman–Crippen MR) is 73.6 cm³/mol. The minimum atomic E-state index is -1.03. The van der Waals surface area contributed by atoms with E-state index in [0.29, 0.717) is 33.0 Å². The maximum atomic E-state index is 10.1. The molecule has 6 heteroatoms. The smallest absolute Gasteiger partial charge is 0.184 e. The van der Waals surface area contributed by atoms with Gasteiger partial charge in [0, 0.05) is 26.4 Å². The van der Waals surface area contributed by atoms with Crippen molar-refractivity contribution in [1.82, 2.24) is 0 Å². The van der Waals surface area contributed by atoms with Gasteiger partial charge in [0.2, 0.25) is 0 Å². The summed E-state index contributed by atoms with van der Waals surface area (Å²) in [7, 11) is 0. The number of hydrogen-bond donors (Lipinski definition) is 1. The topological polar surface area (TPSA) is 66.4 Å². The van der Waals surface area contributed by atoms with Crippen LogP contribution in [0.15, 0.2) is 0 Å². The Morgan fingerprint density at radius 1 is 0.800 bits per heavy atom. The highest BCUT2D eigenvalue weighted by Crippen LogP contribution is 2.27. The van der Waals surface area contributed by atoms with Crippen LogP contribution < -0.4 is 0 Å². The molecule has 0 aromatic rings. The molecule has 6 nitrogen and oxygen atoms in total. The van der Waals surface area contributed by atoms with Gasteiger partial charge in [-0.15, -0.1) is 0 Å². The monoisotopic (exact) mass is 292 g/mol. The molecule has 5 atom stereocenters. The first kappa shape index (κ1) is 17.8. The Morgan fingerprint density at radius 2 is 1.35 bits per heavy atom. The lowest BCUT2D eigenvalue weighted by molar-refractivity contribution is -0.310. The van der Waals surface area contributed by atoms with Crippen molar-refractivity contribution in [2.75, 3.05) is 33.0 Å². The van der Waals surface area contributed by atoms with Crippen molar-refractivity contribution in [3.63, 3.8) is 0 Å². The zero-order chi connectivity index (χ0) is 15.0. The van der Waals surface area contributed by atoms with Gasteiger partial charge in [-0.2, -0.15) is 0 Å². The average molecular weight is 292 g/mol. The molecule has 0 saturated carbocycles. The van der Waals surface area contributed by atoms with Crippen LogP contribution in [0.2, 0.25) is 0 Å². The van der Waals surface area contributed by atoms with E-state index < -0.39 is 12.4 Å². The maximum absolute atomic E-state index is 10.1. The van der Waals surface area contributed by atoms with Crippen LogP contribution in [-0.2, 0) is 23.7 Å². The Bertz CT molecular complexity index is 250. The molecule has 1 heterocycles. The van der Waals surface area contributed by atoms with Gasteiger partial charge in [0.05, 0.1) is 6.61 Å². The third kappa shape index (κ3) is 4.65. The van der Waals surface area contributed by atoms with Crippen molar-refractivity contribution in [3.05, 3.63) is 0 Å². The van der Waals surface area contributed by atoms with Gasteiger partial charge in [0.15, 0.2) is 6.29 Å². The highest BCUT2D eigenvalue weighted by molar-refractivity contribution is 4.92. The predicted octanol–water partition coefficient (Wildman–Crippen LogP) is 0.955. The summed E-state index contributed by atoms with van der Waals surface area (Å²) in [6, 6.07) is 0. The van der Waals surface area contributed by atoms with Gasteiger partial charge in [-0.05, 0) is 27.7 Å². The fourth-order valence-electron chi connectivity index (χ4n) is 2.41. The van der Waals surface area contributed by atoms with Gasteiger partial charge in [-0.25, -0.2) is 0 Å². The van der Waals surface area contributed by atoms with E-state index in [4.69, 9.17) is 23.7 Å². The lowest BCUT2D eigenvalue weighted by atomic mass is 9.98. The highest BCUT2D eigenvalue weighted by Gasteiger charge is 2.47. The van der Waals surface area contributed by atoms with E-state index in [1.807, 2.05) is 27.7 Å². The summed E-state index contributed by atoms with van der Waals surface area (Å²) >= 11 is 0. The van der Waals surface area contributed by atoms with Crippen LogP contribution in [0.1, 0.15) is 27.7 Å². The Labute approximate surface area is 121 Å². The molecule has 0 unspecified atom stereocenters. The van der Waals surface area contributed by atoms with Crippen LogP contribution in [0.3, 0.4) is 0 Å². The van der Waals surface area contributed by atoms with Crippen LogP contribution in [-0.4, -0.2) is 68.8 Å². The first-order valence-corrected chi connectivity index (χ1v) is 7.45. The van der Waals surface area contributed by atoms with Crippen molar-refractivity contribution < 1.29 is 28.8 Å². The van der Waals surface area contributed by atoms with Gasteiger partial charge in [-0.1, -0.05) is 0 Å². The molecule has 120 valence electrons. The molecular formula is C14H28O6. The maximum Gasteiger partial charge on any atom is 0.184 e. The third-order valence-electron chi connectivity index (χ3n) is 3.17. The zero-order valence-corrected chi connectivity index (χ0v) is 12.9. The summed E-state index contributed by atoms with van der Waals surface area (Å²) in [5, 5.41) is 10.1. The zero-order valence-electron chi connectivity index (χ0n) is 12.9. The molecule has 0 aliphatic carbocycles. The molecule has 1 aliphatic heterocycles. The van der Waals surface area contributed by atoms with Crippen molar-refractivity contribution in [2.45, 2.75) is 58.4 Å². The largest absolute Gasteiger partial charge is 0.379 e.